The summed E-state index contributed by atoms with van der Waals surface area (Å²) in [5.41, 5.74) is 0. The van der Waals surface area contributed by atoms with Gasteiger partial charge in [0.25, 0.3) is 0 Å². The Bertz CT molecular complexity index is 233. The Balaban J connectivity index is 3.14. The lowest BCUT2D eigenvalue weighted by molar-refractivity contribution is -0.141. The van der Waals surface area contributed by atoms with E-state index in [1.807, 2.05) is 0 Å². The lowest BCUT2D eigenvalue weighted by Crippen LogP contribution is -2.00. The molecule has 0 aliphatic rings. The van der Waals surface area contributed by atoms with Crippen molar-refractivity contribution in [2.24, 2.45) is 5.92 Å². The highest BCUT2D eigenvalue weighted by Gasteiger charge is 1.97. The minimum absolute atomic E-state index is 0.161. The number of carbonyl (C=O) groups excluding carboxylic acids is 1. The molecule has 1 atom stereocenters. The number of ether oxygens (including phenoxy) is 1. The number of carbonyl (C=O) groups is 1. The summed E-state index contributed by atoms with van der Waals surface area (Å²) in [5, 5.41) is 0. The van der Waals surface area contributed by atoms with Gasteiger partial charge in [0.2, 0.25) is 0 Å². The summed E-state index contributed by atoms with van der Waals surface area (Å²) in [6.07, 6.45) is 15.9. The number of rotatable bonds is 12. The van der Waals surface area contributed by atoms with Gasteiger partial charge in [-0.2, -0.15) is 0 Å². The molecule has 0 aliphatic carbocycles. The van der Waals surface area contributed by atoms with Crippen LogP contribution >= 0.6 is 0 Å². The van der Waals surface area contributed by atoms with Crippen molar-refractivity contribution in [1.82, 2.24) is 0 Å². The topological polar surface area (TPSA) is 26.3 Å². The van der Waals surface area contributed by atoms with Crippen LogP contribution in [0.25, 0.3) is 0 Å². The minimum atomic E-state index is -0.161. The van der Waals surface area contributed by atoms with Crippen LogP contribution in [0.4, 0.5) is 0 Å². The quantitative estimate of drug-likeness (QED) is 0.274. The van der Waals surface area contributed by atoms with E-state index < -0.39 is 0 Å². The molecule has 0 rings (SSSR count). The number of hydrogen-bond acceptors (Lipinski definition) is 2. The van der Waals surface area contributed by atoms with E-state index in [9.17, 15) is 4.79 Å². The maximum Gasteiger partial charge on any atom is 0.302 e. The first-order valence-electron chi connectivity index (χ1n) is 7.96. The molecule has 2 nitrogen and oxygen atoms in total. The molecule has 0 saturated carbocycles. The summed E-state index contributed by atoms with van der Waals surface area (Å²) >= 11 is 0. The second-order valence-corrected chi connectivity index (χ2v) is 5.42. The molecule has 0 spiro atoms. The van der Waals surface area contributed by atoms with Gasteiger partial charge < -0.3 is 4.74 Å². The second kappa shape index (κ2) is 13.6. The van der Waals surface area contributed by atoms with Crippen LogP contribution in [0.2, 0.25) is 0 Å². The normalized spacial score (nSPS) is 12.8. The largest absolute Gasteiger partial charge is 0.466 e. The fraction of sp³-hybridized carbons (Fsp3) is 0.824. The van der Waals surface area contributed by atoms with Crippen molar-refractivity contribution in [3.63, 3.8) is 0 Å². The Morgan fingerprint density at radius 3 is 2.21 bits per heavy atom. The van der Waals surface area contributed by atoms with Crippen LogP contribution in [0, 0.1) is 5.92 Å². The van der Waals surface area contributed by atoms with Crippen LogP contribution < -0.4 is 0 Å². The predicted molar refractivity (Wildman–Crippen MR) is 82.2 cm³/mol. The molecule has 0 N–H and O–H groups in total. The molecular formula is C17H32O2. The predicted octanol–water partition coefficient (Wildman–Crippen LogP) is 5.27. The van der Waals surface area contributed by atoms with E-state index in [1.54, 1.807) is 0 Å². The molecule has 112 valence electrons. The number of unbranched alkanes of at least 4 members (excludes halogenated alkanes) is 6. The highest BCUT2D eigenvalue weighted by Crippen LogP contribution is 2.13. The van der Waals surface area contributed by atoms with Crippen molar-refractivity contribution in [3.8, 4) is 0 Å². The molecule has 0 saturated heterocycles. The summed E-state index contributed by atoms with van der Waals surface area (Å²) in [6, 6.07) is 0. The number of allylic oxidation sites excluding steroid dienone is 2. The second-order valence-electron chi connectivity index (χ2n) is 5.42. The summed E-state index contributed by atoms with van der Waals surface area (Å²) in [7, 11) is 0. The van der Waals surface area contributed by atoms with Crippen molar-refractivity contribution in [2.75, 3.05) is 6.61 Å². The summed E-state index contributed by atoms with van der Waals surface area (Å²) in [4.78, 5) is 10.5. The lowest BCUT2D eigenvalue weighted by atomic mass is 10.0. The molecule has 2 heteroatoms. The van der Waals surface area contributed by atoms with E-state index in [0.29, 0.717) is 6.61 Å². The molecule has 0 amide bonds. The van der Waals surface area contributed by atoms with Crippen LogP contribution in [0.5, 0.6) is 0 Å². The van der Waals surface area contributed by atoms with Crippen molar-refractivity contribution in [2.45, 2.75) is 78.6 Å². The zero-order valence-electron chi connectivity index (χ0n) is 13.1. The van der Waals surface area contributed by atoms with Gasteiger partial charge in [-0.05, 0) is 25.2 Å². The van der Waals surface area contributed by atoms with E-state index in [1.165, 1.54) is 51.9 Å². The SMILES string of the molecule is CC/C=C/C(C)CCCCCCCCCOC(C)=O. The lowest BCUT2D eigenvalue weighted by Gasteiger charge is -2.06. The third kappa shape index (κ3) is 15.2. The van der Waals surface area contributed by atoms with Crippen molar-refractivity contribution in [3.05, 3.63) is 12.2 Å². The third-order valence-corrected chi connectivity index (χ3v) is 3.31. The maximum atomic E-state index is 10.5. The first kappa shape index (κ1) is 18.2. The highest BCUT2D eigenvalue weighted by atomic mass is 16.5. The Hall–Kier alpha value is -0.790. The van der Waals surface area contributed by atoms with Gasteiger partial charge in [0.1, 0.15) is 0 Å². The standard InChI is InChI=1S/C17H32O2/c1-4-5-13-16(2)14-11-9-7-6-8-10-12-15-19-17(3)18/h5,13,16H,4,6-12,14-15H2,1-3H3/b13-5+. The zero-order valence-corrected chi connectivity index (χ0v) is 13.1. The van der Waals surface area contributed by atoms with Crippen LogP contribution in [-0.2, 0) is 9.53 Å². The molecule has 0 heterocycles. The molecule has 0 radical (unpaired) electrons. The molecule has 0 bridgehead atoms. The average Bonchev–Trinajstić information content (AvgIpc) is 2.38. The smallest absolute Gasteiger partial charge is 0.302 e. The van der Waals surface area contributed by atoms with Gasteiger partial charge in [0.15, 0.2) is 0 Å². The van der Waals surface area contributed by atoms with Crippen LogP contribution in [0.3, 0.4) is 0 Å². The minimum Gasteiger partial charge on any atom is -0.466 e. The zero-order chi connectivity index (χ0) is 14.3. The number of hydrogen-bond donors (Lipinski definition) is 0. The van der Waals surface area contributed by atoms with Crippen molar-refractivity contribution < 1.29 is 9.53 Å². The average molecular weight is 268 g/mol. The van der Waals surface area contributed by atoms with E-state index in [2.05, 4.69) is 26.0 Å². The molecule has 1 unspecified atom stereocenters. The Morgan fingerprint density at radius 2 is 1.63 bits per heavy atom. The molecule has 0 fully saturated rings. The van der Waals surface area contributed by atoms with Gasteiger partial charge in [-0.15, -0.1) is 0 Å². The van der Waals surface area contributed by atoms with Gasteiger partial charge >= 0.3 is 5.97 Å². The first-order valence-corrected chi connectivity index (χ1v) is 7.96. The van der Waals surface area contributed by atoms with Crippen LogP contribution in [0.15, 0.2) is 12.2 Å². The fourth-order valence-corrected chi connectivity index (χ4v) is 2.13. The Kier molecular flexibility index (Phi) is 13.1. The van der Waals surface area contributed by atoms with Gasteiger partial charge in [0.05, 0.1) is 6.61 Å². The molecule has 0 aromatic carbocycles. The van der Waals surface area contributed by atoms with E-state index in [0.717, 1.165) is 18.8 Å². The van der Waals surface area contributed by atoms with E-state index in [4.69, 9.17) is 4.74 Å². The van der Waals surface area contributed by atoms with Crippen molar-refractivity contribution >= 4 is 5.97 Å². The monoisotopic (exact) mass is 268 g/mol. The van der Waals surface area contributed by atoms with Crippen LogP contribution in [-0.4, -0.2) is 12.6 Å². The third-order valence-electron chi connectivity index (χ3n) is 3.31. The summed E-state index contributed by atoms with van der Waals surface area (Å²) in [6.45, 7) is 6.55. The van der Waals surface area contributed by atoms with E-state index in [-0.39, 0.29) is 5.97 Å². The molecule has 19 heavy (non-hydrogen) atoms. The highest BCUT2D eigenvalue weighted by molar-refractivity contribution is 5.65. The van der Waals surface area contributed by atoms with Gasteiger partial charge in [-0.3, -0.25) is 4.79 Å². The van der Waals surface area contributed by atoms with E-state index >= 15 is 0 Å². The Morgan fingerprint density at radius 1 is 1.05 bits per heavy atom. The summed E-state index contributed by atoms with van der Waals surface area (Å²) < 4.78 is 4.90. The van der Waals surface area contributed by atoms with Crippen molar-refractivity contribution in [1.29, 1.82) is 0 Å². The number of esters is 1. The first-order chi connectivity index (χ1) is 9.16. The molecule has 0 aromatic rings. The molecule has 0 aliphatic heterocycles. The maximum absolute atomic E-state index is 10.5. The summed E-state index contributed by atoms with van der Waals surface area (Å²) in [5.74, 6) is 0.579. The molecule has 0 aromatic heterocycles. The molecular weight excluding hydrogens is 236 g/mol. The van der Waals surface area contributed by atoms with Crippen LogP contribution in [0.1, 0.15) is 78.6 Å². The van der Waals surface area contributed by atoms with Gasteiger partial charge in [-0.25, -0.2) is 0 Å². The Labute approximate surface area is 119 Å². The fourth-order valence-electron chi connectivity index (χ4n) is 2.13. The van der Waals surface area contributed by atoms with Gasteiger partial charge in [0, 0.05) is 6.92 Å². The van der Waals surface area contributed by atoms with Gasteiger partial charge in [-0.1, -0.05) is 64.5 Å².